The van der Waals surface area contributed by atoms with Crippen LogP contribution in [0.5, 0.6) is 0 Å². The third-order valence-electron chi connectivity index (χ3n) is 2.61. The van der Waals surface area contributed by atoms with Gasteiger partial charge in [-0.15, -0.1) is 11.8 Å². The number of para-hydroxylation sites is 1. The Morgan fingerprint density at radius 1 is 1.09 bits per heavy atom. The Hall–Kier alpha value is -2.02. The van der Waals surface area contributed by atoms with Gasteiger partial charge in [-0.1, -0.05) is 18.2 Å². The third-order valence-corrected chi connectivity index (χ3v) is 3.75. The van der Waals surface area contributed by atoms with Crippen LogP contribution in [0.4, 0.5) is 23.2 Å². The van der Waals surface area contributed by atoms with Crippen molar-refractivity contribution in [3.05, 3.63) is 59.9 Å². The number of carbonyl (C=O) groups excluding carboxylic acids is 1. The highest BCUT2D eigenvalue weighted by atomic mass is 32.2. The van der Waals surface area contributed by atoms with Crippen molar-refractivity contribution in [1.29, 1.82) is 0 Å². The molecule has 0 saturated carbocycles. The molecule has 0 aromatic heterocycles. The number of rotatable bonds is 4. The van der Waals surface area contributed by atoms with Gasteiger partial charge in [-0.2, -0.15) is 13.2 Å². The van der Waals surface area contributed by atoms with Crippen LogP contribution in [0.15, 0.2) is 53.4 Å². The number of thioether (sulfide) groups is 1. The molecule has 116 valence electrons. The Bertz CT molecular complexity index is 673. The Balaban J connectivity index is 2.14. The van der Waals surface area contributed by atoms with E-state index in [1.165, 1.54) is 30.3 Å². The molecule has 2 nitrogen and oxygen atoms in total. The minimum absolute atomic E-state index is 0.0932. The number of amides is 1. The van der Waals surface area contributed by atoms with Gasteiger partial charge in [0.1, 0.15) is 5.82 Å². The van der Waals surface area contributed by atoms with Crippen LogP contribution in [-0.2, 0) is 0 Å². The first-order valence-corrected chi connectivity index (χ1v) is 7.19. The summed E-state index contributed by atoms with van der Waals surface area (Å²) >= 11 is 0.581. The second-order valence-electron chi connectivity index (χ2n) is 4.36. The van der Waals surface area contributed by atoms with Crippen molar-refractivity contribution in [2.75, 3.05) is 11.1 Å². The summed E-state index contributed by atoms with van der Waals surface area (Å²) in [6, 6.07) is 11.2. The van der Waals surface area contributed by atoms with Crippen molar-refractivity contribution in [2.24, 2.45) is 0 Å². The minimum atomic E-state index is -4.30. The number of alkyl halides is 3. The van der Waals surface area contributed by atoms with E-state index in [1.54, 1.807) is 12.1 Å². The molecule has 0 fully saturated rings. The van der Waals surface area contributed by atoms with Crippen molar-refractivity contribution in [3.63, 3.8) is 0 Å². The van der Waals surface area contributed by atoms with Gasteiger partial charge in [-0.05, 0) is 30.3 Å². The molecule has 0 aliphatic rings. The number of anilines is 1. The summed E-state index contributed by atoms with van der Waals surface area (Å²) in [6.45, 7) is 0. The maximum Gasteiger partial charge on any atom is 0.398 e. The first-order valence-electron chi connectivity index (χ1n) is 6.21. The monoisotopic (exact) mass is 329 g/mol. The third kappa shape index (κ3) is 4.77. The van der Waals surface area contributed by atoms with E-state index in [0.29, 0.717) is 16.7 Å². The Labute approximate surface area is 128 Å². The fourth-order valence-electron chi connectivity index (χ4n) is 1.68. The van der Waals surface area contributed by atoms with Crippen LogP contribution < -0.4 is 5.32 Å². The number of benzene rings is 2. The van der Waals surface area contributed by atoms with Crippen LogP contribution in [0.3, 0.4) is 0 Å². The fraction of sp³-hybridized carbons (Fsp3) is 0.133. The van der Waals surface area contributed by atoms with Gasteiger partial charge in [-0.3, -0.25) is 4.79 Å². The summed E-state index contributed by atoms with van der Waals surface area (Å²) < 4.78 is 50.0. The predicted molar refractivity (Wildman–Crippen MR) is 77.6 cm³/mol. The van der Waals surface area contributed by atoms with E-state index < -0.39 is 23.7 Å². The van der Waals surface area contributed by atoms with Crippen LogP contribution in [0.25, 0.3) is 0 Å². The highest BCUT2D eigenvalue weighted by Gasteiger charge is 2.27. The van der Waals surface area contributed by atoms with Gasteiger partial charge in [0, 0.05) is 10.5 Å². The average molecular weight is 329 g/mol. The number of hydrogen-bond donors (Lipinski definition) is 1. The number of carbonyl (C=O) groups is 1. The van der Waals surface area contributed by atoms with Crippen molar-refractivity contribution in [1.82, 2.24) is 0 Å². The lowest BCUT2D eigenvalue weighted by molar-refractivity contribution is -0.105. The summed E-state index contributed by atoms with van der Waals surface area (Å²) in [5.41, 5.74) is 0.349. The molecule has 2 aromatic carbocycles. The molecule has 0 heterocycles. The summed E-state index contributed by atoms with van der Waals surface area (Å²) in [5.74, 6) is -2.20. The summed E-state index contributed by atoms with van der Waals surface area (Å²) in [4.78, 5) is 12.3. The van der Waals surface area contributed by atoms with E-state index in [4.69, 9.17) is 0 Å². The molecule has 1 amide bonds. The lowest BCUT2D eigenvalue weighted by Crippen LogP contribution is -2.14. The molecular formula is C15H11F4NOS. The smallest absolute Gasteiger partial charge is 0.321 e. The van der Waals surface area contributed by atoms with Gasteiger partial charge in [0.25, 0.3) is 5.91 Å². The summed E-state index contributed by atoms with van der Waals surface area (Å²) in [5, 5.41) is 2.50. The number of halogens is 4. The average Bonchev–Trinajstić information content (AvgIpc) is 2.45. The molecule has 0 aliphatic carbocycles. The standard InChI is InChI=1S/C15H11F4NOS/c16-11-5-3-4-10(8-11)14(21)20-12-6-1-2-7-13(12)22-9-15(17,18)19/h1-8H,9H2,(H,20,21). The van der Waals surface area contributed by atoms with Crippen molar-refractivity contribution >= 4 is 23.4 Å². The van der Waals surface area contributed by atoms with Gasteiger partial charge >= 0.3 is 6.18 Å². The molecule has 0 atom stereocenters. The van der Waals surface area contributed by atoms with Gasteiger partial charge in [0.05, 0.1) is 11.4 Å². The Morgan fingerprint density at radius 2 is 1.82 bits per heavy atom. The largest absolute Gasteiger partial charge is 0.398 e. The zero-order chi connectivity index (χ0) is 16.2. The molecule has 22 heavy (non-hydrogen) atoms. The van der Waals surface area contributed by atoms with Crippen LogP contribution in [-0.4, -0.2) is 17.8 Å². The molecule has 0 unspecified atom stereocenters. The highest BCUT2D eigenvalue weighted by molar-refractivity contribution is 7.99. The first-order chi connectivity index (χ1) is 10.3. The van der Waals surface area contributed by atoms with E-state index in [2.05, 4.69) is 5.32 Å². The van der Waals surface area contributed by atoms with Crippen LogP contribution in [0.1, 0.15) is 10.4 Å². The van der Waals surface area contributed by atoms with Crippen molar-refractivity contribution in [2.45, 2.75) is 11.1 Å². The molecule has 0 saturated heterocycles. The highest BCUT2D eigenvalue weighted by Crippen LogP contribution is 2.32. The fourth-order valence-corrected chi connectivity index (χ4v) is 2.45. The van der Waals surface area contributed by atoms with E-state index in [0.717, 1.165) is 6.07 Å². The van der Waals surface area contributed by atoms with Crippen LogP contribution >= 0.6 is 11.8 Å². The van der Waals surface area contributed by atoms with Crippen LogP contribution in [0.2, 0.25) is 0 Å². The second-order valence-corrected chi connectivity index (χ2v) is 5.38. The maximum atomic E-state index is 13.1. The van der Waals surface area contributed by atoms with Gasteiger partial charge in [0.15, 0.2) is 0 Å². The molecule has 0 spiro atoms. The minimum Gasteiger partial charge on any atom is -0.321 e. The molecule has 7 heteroatoms. The number of hydrogen-bond acceptors (Lipinski definition) is 2. The van der Waals surface area contributed by atoms with Gasteiger partial charge in [0.2, 0.25) is 0 Å². The molecular weight excluding hydrogens is 318 g/mol. The van der Waals surface area contributed by atoms with Gasteiger partial charge in [-0.25, -0.2) is 4.39 Å². The summed E-state index contributed by atoms with van der Waals surface area (Å²) in [6.07, 6.45) is -4.30. The molecule has 2 aromatic rings. The molecule has 2 rings (SSSR count). The SMILES string of the molecule is O=C(Nc1ccccc1SCC(F)(F)F)c1cccc(F)c1. The first kappa shape index (κ1) is 16.4. The Kier molecular flexibility index (Phi) is 5.07. The van der Waals surface area contributed by atoms with E-state index in [-0.39, 0.29) is 11.3 Å². The quantitative estimate of drug-likeness (QED) is 0.649. The second kappa shape index (κ2) is 6.83. The normalized spacial score (nSPS) is 11.3. The zero-order valence-electron chi connectivity index (χ0n) is 11.2. The van der Waals surface area contributed by atoms with Crippen molar-refractivity contribution in [3.8, 4) is 0 Å². The lowest BCUT2D eigenvalue weighted by Gasteiger charge is -2.12. The maximum absolute atomic E-state index is 13.1. The Morgan fingerprint density at radius 3 is 2.50 bits per heavy atom. The zero-order valence-corrected chi connectivity index (χ0v) is 12.0. The van der Waals surface area contributed by atoms with E-state index in [9.17, 15) is 22.4 Å². The van der Waals surface area contributed by atoms with Crippen molar-refractivity contribution < 1.29 is 22.4 Å². The molecule has 1 N–H and O–H groups in total. The molecule has 0 aliphatic heterocycles. The van der Waals surface area contributed by atoms with E-state index in [1.807, 2.05) is 0 Å². The molecule has 0 bridgehead atoms. The number of nitrogens with one attached hydrogen (secondary N) is 1. The predicted octanol–water partition coefficient (Wildman–Crippen LogP) is 4.73. The van der Waals surface area contributed by atoms with E-state index >= 15 is 0 Å². The lowest BCUT2D eigenvalue weighted by atomic mass is 10.2. The summed E-state index contributed by atoms with van der Waals surface area (Å²) in [7, 11) is 0. The topological polar surface area (TPSA) is 29.1 Å². The molecule has 0 radical (unpaired) electrons. The van der Waals surface area contributed by atoms with Gasteiger partial charge < -0.3 is 5.32 Å². The van der Waals surface area contributed by atoms with Crippen LogP contribution in [0, 0.1) is 5.82 Å².